The van der Waals surface area contributed by atoms with Gasteiger partial charge in [-0.2, -0.15) is 0 Å². The molecule has 2 aliphatic heterocycles. The molecule has 0 bridgehead atoms. The van der Waals surface area contributed by atoms with Crippen LogP contribution in [0.1, 0.15) is 24.8 Å². The topological polar surface area (TPSA) is 70.8 Å². The first kappa shape index (κ1) is 23.8. The second-order valence-corrected chi connectivity index (χ2v) is 10.5. The first-order chi connectivity index (χ1) is 18.1. The van der Waals surface area contributed by atoms with E-state index in [4.69, 9.17) is 20.9 Å². The lowest BCUT2D eigenvalue weighted by atomic mass is 9.77. The molecule has 3 heterocycles. The summed E-state index contributed by atoms with van der Waals surface area (Å²) in [6.07, 6.45) is 3.22. The number of piperidine rings is 1. The molecule has 1 aromatic heterocycles. The smallest absolute Gasteiger partial charge is 0.323 e. The van der Waals surface area contributed by atoms with E-state index < -0.39 is 0 Å². The van der Waals surface area contributed by atoms with Gasteiger partial charge in [-0.1, -0.05) is 41.0 Å². The number of hydrogen-bond donors (Lipinski definition) is 1. The van der Waals surface area contributed by atoms with Crippen LogP contribution in [-0.2, 0) is 6.54 Å². The molecule has 2 aliphatic rings. The third-order valence-corrected chi connectivity index (χ3v) is 7.85. The predicted molar refractivity (Wildman–Crippen MR) is 144 cm³/mol. The molecule has 0 unspecified atom stereocenters. The number of benzene rings is 3. The number of urea groups is 1. The number of nitrogens with zero attached hydrogens (tertiary/aromatic N) is 3. The zero-order valence-corrected chi connectivity index (χ0v) is 21.3. The van der Waals surface area contributed by atoms with E-state index in [1.807, 2.05) is 65.6 Å². The number of carbonyl (C=O) groups excluding carboxylic acids is 1. The molecule has 7 nitrogen and oxygen atoms in total. The molecule has 2 fully saturated rings. The van der Waals surface area contributed by atoms with E-state index in [1.165, 1.54) is 5.56 Å². The van der Waals surface area contributed by atoms with Crippen molar-refractivity contribution in [1.82, 2.24) is 15.0 Å². The summed E-state index contributed by atoms with van der Waals surface area (Å²) in [5, 5.41) is 8.50. The highest BCUT2D eigenvalue weighted by atomic mass is 35.5. The maximum Gasteiger partial charge on any atom is 0.323 e. The lowest BCUT2D eigenvalue weighted by Gasteiger charge is -2.39. The third kappa shape index (κ3) is 5.29. The second-order valence-electron chi connectivity index (χ2n) is 10.1. The highest BCUT2D eigenvalue weighted by Gasteiger charge is 2.42. The van der Waals surface area contributed by atoms with Gasteiger partial charge in [0, 0.05) is 24.7 Å². The summed E-state index contributed by atoms with van der Waals surface area (Å²) < 4.78 is 11.3. The van der Waals surface area contributed by atoms with Gasteiger partial charge in [0.05, 0.1) is 5.39 Å². The van der Waals surface area contributed by atoms with Crippen molar-refractivity contribution >= 4 is 34.4 Å². The molecule has 8 heteroatoms. The van der Waals surface area contributed by atoms with E-state index in [2.05, 4.69) is 27.5 Å². The van der Waals surface area contributed by atoms with Gasteiger partial charge in [0.25, 0.3) is 0 Å². The minimum Gasteiger partial charge on any atom is -0.457 e. The average molecular weight is 517 g/mol. The molecule has 0 atom stereocenters. The molecule has 0 radical (unpaired) electrons. The summed E-state index contributed by atoms with van der Waals surface area (Å²) in [6.45, 7) is 4.48. The molecule has 0 aliphatic carbocycles. The Labute approximate surface area is 220 Å². The second kappa shape index (κ2) is 10.1. The van der Waals surface area contributed by atoms with Crippen molar-refractivity contribution < 1.29 is 14.1 Å². The number of hydrogen-bond acceptors (Lipinski definition) is 5. The molecular formula is C29H29ClN4O3. The Morgan fingerprint density at radius 3 is 2.59 bits per heavy atom. The van der Waals surface area contributed by atoms with Gasteiger partial charge in [-0.25, -0.2) is 4.79 Å². The minimum atomic E-state index is -0.101. The van der Waals surface area contributed by atoms with Gasteiger partial charge in [-0.15, -0.1) is 0 Å². The number of nitrogens with one attached hydrogen (secondary N) is 1. The summed E-state index contributed by atoms with van der Waals surface area (Å²) in [5.41, 5.74) is 2.10. The lowest BCUT2D eigenvalue weighted by Crippen LogP contribution is -2.42. The Kier molecular flexibility index (Phi) is 6.49. The van der Waals surface area contributed by atoms with Crippen molar-refractivity contribution in [3.63, 3.8) is 0 Å². The number of likely N-dealkylation sites (tertiary alicyclic amines) is 2. The average Bonchev–Trinajstić information content (AvgIpc) is 3.52. The van der Waals surface area contributed by atoms with Crippen LogP contribution in [0, 0.1) is 5.41 Å². The fourth-order valence-corrected chi connectivity index (χ4v) is 5.59. The number of rotatable bonds is 5. The highest BCUT2D eigenvalue weighted by molar-refractivity contribution is 6.30. The molecule has 6 rings (SSSR count). The van der Waals surface area contributed by atoms with Gasteiger partial charge in [0.2, 0.25) is 0 Å². The van der Waals surface area contributed by atoms with E-state index >= 15 is 0 Å². The van der Waals surface area contributed by atoms with Crippen molar-refractivity contribution in [2.75, 3.05) is 31.5 Å². The minimum absolute atomic E-state index is 0.101. The van der Waals surface area contributed by atoms with Crippen LogP contribution in [0.25, 0.3) is 11.0 Å². The SMILES string of the molecule is O=C(Nc1noc2ccccc12)N1CCC2(CCN(Cc3cccc(Oc4ccc(Cl)cc4)c3)CC2)C1. The van der Waals surface area contributed by atoms with Crippen molar-refractivity contribution in [1.29, 1.82) is 0 Å². The maximum atomic E-state index is 13.0. The van der Waals surface area contributed by atoms with Crippen LogP contribution in [0.5, 0.6) is 11.5 Å². The van der Waals surface area contributed by atoms with Gasteiger partial charge < -0.3 is 14.2 Å². The Morgan fingerprint density at radius 2 is 1.76 bits per heavy atom. The van der Waals surface area contributed by atoms with Gasteiger partial charge in [-0.3, -0.25) is 10.2 Å². The Bertz CT molecular complexity index is 1400. The Balaban J connectivity index is 1.02. The van der Waals surface area contributed by atoms with Gasteiger partial charge >= 0.3 is 6.03 Å². The van der Waals surface area contributed by atoms with Crippen molar-refractivity contribution in [3.05, 3.63) is 83.4 Å². The molecule has 4 aromatic rings. The fourth-order valence-electron chi connectivity index (χ4n) is 5.46. The summed E-state index contributed by atoms with van der Waals surface area (Å²) in [7, 11) is 0. The number of ether oxygens (including phenoxy) is 1. The normalized spacial score (nSPS) is 17.4. The highest BCUT2D eigenvalue weighted by Crippen LogP contribution is 2.41. The van der Waals surface area contributed by atoms with Crippen LogP contribution in [0.2, 0.25) is 5.02 Å². The van der Waals surface area contributed by atoms with Crippen LogP contribution < -0.4 is 10.1 Å². The van der Waals surface area contributed by atoms with Crippen LogP contribution in [0.4, 0.5) is 10.6 Å². The molecular weight excluding hydrogens is 488 g/mol. The molecule has 0 saturated carbocycles. The molecule has 2 amide bonds. The maximum absolute atomic E-state index is 13.0. The van der Waals surface area contributed by atoms with E-state index in [0.717, 1.165) is 68.9 Å². The van der Waals surface area contributed by atoms with Gasteiger partial charge in [-0.05, 0) is 91.9 Å². The number of amides is 2. The number of para-hydroxylation sites is 1. The van der Waals surface area contributed by atoms with Crippen LogP contribution in [0.15, 0.2) is 77.3 Å². The molecule has 1 N–H and O–H groups in total. The molecule has 3 aromatic carbocycles. The molecule has 1 spiro atoms. The van der Waals surface area contributed by atoms with Gasteiger partial charge in [0.1, 0.15) is 11.5 Å². The number of aromatic nitrogens is 1. The monoisotopic (exact) mass is 516 g/mol. The van der Waals surface area contributed by atoms with Crippen molar-refractivity contribution in [3.8, 4) is 11.5 Å². The Morgan fingerprint density at radius 1 is 0.973 bits per heavy atom. The number of halogens is 1. The van der Waals surface area contributed by atoms with E-state index in [9.17, 15) is 4.79 Å². The third-order valence-electron chi connectivity index (χ3n) is 7.60. The van der Waals surface area contributed by atoms with E-state index in [1.54, 1.807) is 0 Å². The number of fused-ring (bicyclic) bond motifs is 1. The molecule has 190 valence electrons. The summed E-state index contributed by atoms with van der Waals surface area (Å²) >= 11 is 5.97. The van der Waals surface area contributed by atoms with Crippen LogP contribution in [-0.4, -0.2) is 47.2 Å². The summed E-state index contributed by atoms with van der Waals surface area (Å²) in [4.78, 5) is 17.4. The quantitative estimate of drug-likeness (QED) is 0.316. The van der Waals surface area contributed by atoms with E-state index in [-0.39, 0.29) is 11.4 Å². The van der Waals surface area contributed by atoms with Crippen LogP contribution >= 0.6 is 11.6 Å². The standard InChI is InChI=1S/C29H29ClN4O3/c30-22-8-10-23(11-9-22)36-24-5-3-4-21(18-24)19-33-15-12-29(13-16-33)14-17-34(20-29)28(35)31-27-25-6-1-2-7-26(25)37-32-27/h1-11,18H,12-17,19-20H2,(H,31,32,35). The summed E-state index contributed by atoms with van der Waals surface area (Å²) in [5.74, 6) is 2.08. The first-order valence-electron chi connectivity index (χ1n) is 12.7. The van der Waals surface area contributed by atoms with Crippen molar-refractivity contribution in [2.45, 2.75) is 25.8 Å². The fraction of sp³-hybridized carbons (Fsp3) is 0.310. The van der Waals surface area contributed by atoms with Gasteiger partial charge in [0.15, 0.2) is 11.4 Å². The van der Waals surface area contributed by atoms with E-state index in [0.29, 0.717) is 16.4 Å². The first-order valence-corrected chi connectivity index (χ1v) is 13.1. The molecule has 2 saturated heterocycles. The summed E-state index contributed by atoms with van der Waals surface area (Å²) in [6, 6.07) is 23.1. The zero-order valence-electron chi connectivity index (χ0n) is 20.5. The number of carbonyl (C=O) groups is 1. The Hall–Kier alpha value is -3.55. The van der Waals surface area contributed by atoms with Crippen LogP contribution in [0.3, 0.4) is 0 Å². The number of anilines is 1. The largest absolute Gasteiger partial charge is 0.457 e. The lowest BCUT2D eigenvalue weighted by molar-refractivity contribution is 0.106. The zero-order chi connectivity index (χ0) is 25.2. The molecule has 37 heavy (non-hydrogen) atoms. The predicted octanol–water partition coefficient (Wildman–Crippen LogP) is 6.79. The van der Waals surface area contributed by atoms with Crippen molar-refractivity contribution in [2.24, 2.45) is 5.41 Å².